The van der Waals surface area contributed by atoms with Crippen LogP contribution in [-0.2, 0) is 7.05 Å². The van der Waals surface area contributed by atoms with E-state index in [2.05, 4.69) is 16.2 Å². The van der Waals surface area contributed by atoms with Crippen molar-refractivity contribution in [2.75, 3.05) is 0 Å². The Labute approximate surface area is 92.9 Å². The highest BCUT2D eigenvalue weighted by Gasteiger charge is 2.09. The van der Waals surface area contributed by atoms with Crippen molar-refractivity contribution in [1.82, 2.24) is 14.8 Å². The maximum absolute atomic E-state index is 8.95. The Morgan fingerprint density at radius 1 is 1.44 bits per heavy atom. The summed E-state index contributed by atoms with van der Waals surface area (Å²) < 4.78 is 7.03. The van der Waals surface area contributed by atoms with Gasteiger partial charge in [-0.15, -0.1) is 5.10 Å². The molecule has 1 aromatic carbocycles. The number of nitriles is 1. The van der Waals surface area contributed by atoms with Crippen molar-refractivity contribution in [3.8, 4) is 17.8 Å². The van der Waals surface area contributed by atoms with Crippen LogP contribution in [0, 0.1) is 18.3 Å². The Hall–Kier alpha value is -2.35. The minimum absolute atomic E-state index is 0.244. The monoisotopic (exact) mass is 214 g/mol. The van der Waals surface area contributed by atoms with E-state index in [1.165, 1.54) is 0 Å². The summed E-state index contributed by atoms with van der Waals surface area (Å²) in [6.07, 6.45) is 1.54. The van der Waals surface area contributed by atoms with Crippen LogP contribution in [0.1, 0.15) is 11.1 Å². The molecule has 0 N–H and O–H groups in total. The van der Waals surface area contributed by atoms with Crippen LogP contribution in [0.15, 0.2) is 24.5 Å². The van der Waals surface area contributed by atoms with E-state index in [9.17, 15) is 0 Å². The first kappa shape index (κ1) is 10.2. The molecular weight excluding hydrogens is 204 g/mol. The molecule has 0 aliphatic carbocycles. The first-order valence-electron chi connectivity index (χ1n) is 4.74. The highest BCUT2D eigenvalue weighted by molar-refractivity contribution is 5.48. The standard InChI is InChI=1S/C11H10N4O/c1-8-4-3-5-9(6-12)10(8)16-11-13-7-15(2)14-11/h3-5,7H,1-2H3. The van der Waals surface area contributed by atoms with Crippen molar-refractivity contribution >= 4 is 0 Å². The minimum Gasteiger partial charge on any atom is -0.422 e. The number of benzene rings is 1. The van der Waals surface area contributed by atoms with Gasteiger partial charge in [-0.25, -0.2) is 0 Å². The number of ether oxygens (including phenoxy) is 1. The molecule has 2 aromatic rings. The fraction of sp³-hybridized carbons (Fsp3) is 0.182. The number of hydrogen-bond acceptors (Lipinski definition) is 4. The molecule has 0 unspecified atom stereocenters. The topological polar surface area (TPSA) is 63.7 Å². The number of aryl methyl sites for hydroxylation is 2. The van der Waals surface area contributed by atoms with Crippen molar-refractivity contribution in [3.05, 3.63) is 35.7 Å². The van der Waals surface area contributed by atoms with Gasteiger partial charge in [0.2, 0.25) is 0 Å². The summed E-state index contributed by atoms with van der Waals surface area (Å²) in [5.74, 6) is 0.510. The molecular formula is C11H10N4O. The van der Waals surface area contributed by atoms with E-state index in [0.717, 1.165) is 5.56 Å². The maximum Gasteiger partial charge on any atom is 0.341 e. The molecule has 2 rings (SSSR count). The van der Waals surface area contributed by atoms with E-state index in [-0.39, 0.29) is 6.01 Å². The van der Waals surface area contributed by atoms with E-state index >= 15 is 0 Å². The molecule has 1 aromatic heterocycles. The smallest absolute Gasteiger partial charge is 0.341 e. The largest absolute Gasteiger partial charge is 0.422 e. The van der Waals surface area contributed by atoms with Crippen molar-refractivity contribution in [3.63, 3.8) is 0 Å². The van der Waals surface area contributed by atoms with Crippen LogP contribution in [0.25, 0.3) is 0 Å². The van der Waals surface area contributed by atoms with Gasteiger partial charge in [0, 0.05) is 7.05 Å². The van der Waals surface area contributed by atoms with E-state index in [1.807, 2.05) is 19.1 Å². The Morgan fingerprint density at radius 3 is 2.88 bits per heavy atom. The van der Waals surface area contributed by atoms with Gasteiger partial charge in [0.15, 0.2) is 5.75 Å². The highest BCUT2D eigenvalue weighted by Crippen LogP contribution is 2.26. The fourth-order valence-electron chi connectivity index (χ4n) is 1.33. The van der Waals surface area contributed by atoms with Crippen LogP contribution < -0.4 is 4.74 Å². The van der Waals surface area contributed by atoms with Gasteiger partial charge in [-0.1, -0.05) is 12.1 Å². The minimum atomic E-state index is 0.244. The summed E-state index contributed by atoms with van der Waals surface area (Å²) in [5.41, 5.74) is 1.36. The lowest BCUT2D eigenvalue weighted by Gasteiger charge is -2.06. The molecule has 0 atom stereocenters. The van der Waals surface area contributed by atoms with Crippen molar-refractivity contribution < 1.29 is 4.74 Å². The molecule has 16 heavy (non-hydrogen) atoms. The number of para-hydroxylation sites is 1. The van der Waals surface area contributed by atoms with Gasteiger partial charge in [-0.3, -0.25) is 4.68 Å². The van der Waals surface area contributed by atoms with Gasteiger partial charge in [0.25, 0.3) is 0 Å². The zero-order valence-electron chi connectivity index (χ0n) is 9.01. The average molecular weight is 214 g/mol. The third-order valence-electron chi connectivity index (χ3n) is 2.10. The van der Waals surface area contributed by atoms with E-state index in [0.29, 0.717) is 11.3 Å². The quantitative estimate of drug-likeness (QED) is 0.764. The van der Waals surface area contributed by atoms with E-state index in [1.54, 1.807) is 24.1 Å². The summed E-state index contributed by atoms with van der Waals surface area (Å²) in [4.78, 5) is 3.95. The number of nitrogens with zero attached hydrogens (tertiary/aromatic N) is 4. The van der Waals surface area contributed by atoms with Crippen LogP contribution in [0.5, 0.6) is 11.8 Å². The van der Waals surface area contributed by atoms with Gasteiger partial charge in [-0.2, -0.15) is 10.2 Å². The van der Waals surface area contributed by atoms with Crippen molar-refractivity contribution in [2.45, 2.75) is 6.92 Å². The van der Waals surface area contributed by atoms with Crippen molar-refractivity contribution in [2.24, 2.45) is 7.05 Å². The van der Waals surface area contributed by atoms with E-state index in [4.69, 9.17) is 10.00 Å². The summed E-state index contributed by atoms with van der Waals surface area (Å²) in [6, 6.07) is 7.71. The highest BCUT2D eigenvalue weighted by atomic mass is 16.5. The lowest BCUT2D eigenvalue weighted by molar-refractivity contribution is 0.434. The van der Waals surface area contributed by atoms with Crippen LogP contribution in [0.4, 0.5) is 0 Å². The van der Waals surface area contributed by atoms with Crippen molar-refractivity contribution in [1.29, 1.82) is 5.26 Å². The summed E-state index contributed by atoms with van der Waals surface area (Å²) in [5, 5.41) is 12.9. The third kappa shape index (κ3) is 1.86. The van der Waals surface area contributed by atoms with E-state index < -0.39 is 0 Å². The second-order valence-corrected chi connectivity index (χ2v) is 3.37. The zero-order chi connectivity index (χ0) is 11.5. The number of rotatable bonds is 2. The SMILES string of the molecule is Cc1cccc(C#N)c1Oc1ncn(C)n1. The summed E-state index contributed by atoms with van der Waals surface area (Å²) in [6.45, 7) is 1.87. The molecule has 80 valence electrons. The molecule has 0 saturated heterocycles. The molecule has 0 saturated carbocycles. The lowest BCUT2D eigenvalue weighted by Crippen LogP contribution is -1.94. The predicted molar refractivity (Wildman–Crippen MR) is 57.0 cm³/mol. The average Bonchev–Trinajstić information content (AvgIpc) is 2.67. The first-order chi connectivity index (χ1) is 7.70. The Kier molecular flexibility index (Phi) is 2.56. The van der Waals surface area contributed by atoms with Gasteiger partial charge < -0.3 is 4.74 Å². The second-order valence-electron chi connectivity index (χ2n) is 3.37. The Morgan fingerprint density at radius 2 is 2.25 bits per heavy atom. The first-order valence-corrected chi connectivity index (χ1v) is 4.74. The van der Waals surface area contributed by atoms with Gasteiger partial charge >= 0.3 is 6.01 Å². The molecule has 0 amide bonds. The van der Waals surface area contributed by atoms with Crippen LogP contribution in [-0.4, -0.2) is 14.8 Å². The maximum atomic E-state index is 8.95. The third-order valence-corrected chi connectivity index (χ3v) is 2.10. The molecule has 0 radical (unpaired) electrons. The number of hydrogen-bond donors (Lipinski definition) is 0. The predicted octanol–water partition coefficient (Wildman–Crippen LogP) is 1.79. The fourth-order valence-corrected chi connectivity index (χ4v) is 1.33. The molecule has 0 spiro atoms. The molecule has 1 heterocycles. The van der Waals surface area contributed by atoms with Crippen LogP contribution in [0.2, 0.25) is 0 Å². The molecule has 0 aliphatic heterocycles. The van der Waals surface area contributed by atoms with Crippen LogP contribution in [0.3, 0.4) is 0 Å². The normalized spacial score (nSPS) is 9.81. The molecule has 5 heteroatoms. The molecule has 0 bridgehead atoms. The zero-order valence-corrected chi connectivity index (χ0v) is 9.01. The number of aromatic nitrogens is 3. The lowest BCUT2D eigenvalue weighted by atomic mass is 10.1. The second kappa shape index (κ2) is 4.03. The van der Waals surface area contributed by atoms with Gasteiger partial charge in [0.05, 0.1) is 5.56 Å². The molecule has 0 aliphatic rings. The van der Waals surface area contributed by atoms with Gasteiger partial charge in [0.1, 0.15) is 12.4 Å². The van der Waals surface area contributed by atoms with Gasteiger partial charge in [-0.05, 0) is 18.6 Å². The molecule has 5 nitrogen and oxygen atoms in total. The van der Waals surface area contributed by atoms with Crippen LogP contribution >= 0.6 is 0 Å². The summed E-state index contributed by atoms with van der Waals surface area (Å²) >= 11 is 0. The molecule has 0 fully saturated rings. The summed E-state index contributed by atoms with van der Waals surface area (Å²) in [7, 11) is 1.75. The Balaban J connectivity index is 2.38. The Bertz CT molecular complexity index is 553.